The average Bonchev–Trinajstić information content (AvgIpc) is 2.28. The van der Waals surface area contributed by atoms with Gasteiger partial charge in [0.15, 0.2) is 6.04 Å². The van der Waals surface area contributed by atoms with Crippen molar-refractivity contribution in [3.63, 3.8) is 0 Å². The molecule has 0 unspecified atom stereocenters. The first-order chi connectivity index (χ1) is 7.97. The molecule has 3 N–H and O–H groups in total. The molecule has 0 aliphatic heterocycles. The van der Waals surface area contributed by atoms with Crippen LogP contribution in [0, 0.1) is 5.82 Å². The molecule has 5 nitrogen and oxygen atoms in total. The van der Waals surface area contributed by atoms with Crippen LogP contribution in [-0.2, 0) is 4.79 Å². The summed E-state index contributed by atoms with van der Waals surface area (Å²) in [5, 5.41) is 18.9. The van der Waals surface area contributed by atoms with E-state index >= 15 is 0 Å². The van der Waals surface area contributed by atoms with Gasteiger partial charge in [0.05, 0.1) is 17.2 Å². The predicted molar refractivity (Wildman–Crippen MR) is 57.4 cm³/mol. The summed E-state index contributed by atoms with van der Waals surface area (Å²) in [5.74, 6) is -3.04. The van der Waals surface area contributed by atoms with Gasteiger partial charge in [-0.1, -0.05) is 17.7 Å². The Morgan fingerprint density at radius 3 is 2.65 bits per heavy atom. The van der Waals surface area contributed by atoms with Crippen LogP contribution in [0.15, 0.2) is 18.2 Å². The summed E-state index contributed by atoms with van der Waals surface area (Å²) in [5.41, 5.74) is -0.189. The van der Waals surface area contributed by atoms with Crippen molar-refractivity contribution in [3.8, 4) is 0 Å². The zero-order chi connectivity index (χ0) is 13.0. The fourth-order valence-electron chi connectivity index (χ4n) is 1.10. The second-order valence-corrected chi connectivity index (χ2v) is 3.53. The van der Waals surface area contributed by atoms with E-state index in [0.29, 0.717) is 0 Å². The maximum Gasteiger partial charge on any atom is 0.328 e. The van der Waals surface area contributed by atoms with Gasteiger partial charge in [0.25, 0.3) is 5.91 Å². The van der Waals surface area contributed by atoms with Crippen LogP contribution in [-0.4, -0.2) is 34.7 Å². The summed E-state index contributed by atoms with van der Waals surface area (Å²) in [6.45, 7) is -0.770. The second-order valence-electron chi connectivity index (χ2n) is 3.15. The number of carbonyl (C=O) groups is 2. The van der Waals surface area contributed by atoms with Crippen LogP contribution in [0.2, 0.25) is 5.02 Å². The molecular weight excluding hydrogens is 253 g/mol. The Balaban J connectivity index is 2.90. The second kappa shape index (κ2) is 5.60. The number of aliphatic hydroxyl groups is 1. The maximum atomic E-state index is 13.0. The van der Waals surface area contributed by atoms with Crippen LogP contribution in [0.4, 0.5) is 4.39 Å². The van der Waals surface area contributed by atoms with Gasteiger partial charge in [-0.25, -0.2) is 9.18 Å². The van der Waals surface area contributed by atoms with Crippen LogP contribution in [0.25, 0.3) is 0 Å². The van der Waals surface area contributed by atoms with Crippen molar-refractivity contribution in [1.82, 2.24) is 5.32 Å². The number of carboxylic acids is 1. The quantitative estimate of drug-likeness (QED) is 0.743. The molecule has 0 bridgehead atoms. The number of carbonyl (C=O) groups excluding carboxylic acids is 1. The smallest absolute Gasteiger partial charge is 0.328 e. The Morgan fingerprint density at radius 2 is 2.12 bits per heavy atom. The Hall–Kier alpha value is -1.66. The molecule has 0 saturated carbocycles. The van der Waals surface area contributed by atoms with Crippen LogP contribution in [0.3, 0.4) is 0 Å². The molecule has 0 fully saturated rings. The monoisotopic (exact) mass is 261 g/mol. The normalized spacial score (nSPS) is 11.9. The van der Waals surface area contributed by atoms with E-state index in [0.717, 1.165) is 6.07 Å². The van der Waals surface area contributed by atoms with Crippen molar-refractivity contribution in [1.29, 1.82) is 0 Å². The first kappa shape index (κ1) is 13.4. The van der Waals surface area contributed by atoms with E-state index in [2.05, 4.69) is 0 Å². The number of nitrogens with one attached hydrogen (secondary N) is 1. The van der Waals surface area contributed by atoms with Gasteiger partial charge < -0.3 is 15.5 Å². The van der Waals surface area contributed by atoms with Gasteiger partial charge in [0, 0.05) is 0 Å². The van der Waals surface area contributed by atoms with Gasteiger partial charge >= 0.3 is 5.97 Å². The number of aliphatic hydroxyl groups excluding tert-OH is 1. The Morgan fingerprint density at radius 1 is 1.47 bits per heavy atom. The Bertz CT molecular complexity index is 452. The molecule has 0 heterocycles. The highest BCUT2D eigenvalue weighted by molar-refractivity contribution is 6.34. The number of aliphatic carboxylic acids is 1. The lowest BCUT2D eigenvalue weighted by molar-refractivity contribution is -0.140. The molecule has 0 saturated heterocycles. The van der Waals surface area contributed by atoms with Crippen molar-refractivity contribution in [2.24, 2.45) is 0 Å². The van der Waals surface area contributed by atoms with Crippen molar-refractivity contribution in [2.45, 2.75) is 6.04 Å². The third kappa shape index (κ3) is 3.15. The summed E-state index contributed by atoms with van der Waals surface area (Å²) in [4.78, 5) is 22.1. The highest BCUT2D eigenvalue weighted by Crippen LogP contribution is 2.19. The van der Waals surface area contributed by atoms with E-state index in [1.54, 1.807) is 0 Å². The van der Waals surface area contributed by atoms with Crippen LogP contribution >= 0.6 is 11.6 Å². The topological polar surface area (TPSA) is 86.6 Å². The standard InChI is InChI=1S/C10H9ClFNO4/c11-8-5(2-1-3-6(8)12)9(15)13-7(4-14)10(16)17/h1-3,7,14H,4H2,(H,13,15)(H,16,17)/t7-/m0/s1. The van der Waals surface area contributed by atoms with Crippen molar-refractivity contribution in [2.75, 3.05) is 6.61 Å². The van der Waals surface area contributed by atoms with E-state index < -0.39 is 35.4 Å². The zero-order valence-corrected chi connectivity index (χ0v) is 9.24. The molecule has 1 aromatic rings. The number of halogens is 2. The Labute approximate surface area is 101 Å². The first-order valence-corrected chi connectivity index (χ1v) is 4.93. The molecule has 17 heavy (non-hydrogen) atoms. The number of benzene rings is 1. The number of rotatable bonds is 4. The van der Waals surface area contributed by atoms with E-state index in [1.165, 1.54) is 12.1 Å². The molecule has 1 rings (SSSR count). The zero-order valence-electron chi connectivity index (χ0n) is 8.48. The summed E-state index contributed by atoms with van der Waals surface area (Å²) in [6.07, 6.45) is 0. The molecule has 0 spiro atoms. The van der Waals surface area contributed by atoms with Gasteiger partial charge in [0.1, 0.15) is 5.82 Å². The fraction of sp³-hybridized carbons (Fsp3) is 0.200. The lowest BCUT2D eigenvalue weighted by Gasteiger charge is -2.12. The minimum Gasteiger partial charge on any atom is -0.480 e. The summed E-state index contributed by atoms with van der Waals surface area (Å²) in [6, 6.07) is 2.13. The van der Waals surface area contributed by atoms with Gasteiger partial charge in [-0.3, -0.25) is 4.79 Å². The highest BCUT2D eigenvalue weighted by atomic mass is 35.5. The van der Waals surface area contributed by atoms with Gasteiger partial charge in [-0.05, 0) is 12.1 Å². The molecule has 0 radical (unpaired) electrons. The largest absolute Gasteiger partial charge is 0.480 e. The number of amides is 1. The maximum absolute atomic E-state index is 13.0. The predicted octanol–water partition coefficient (Wildman–Crippen LogP) is 0.654. The molecule has 1 aromatic carbocycles. The number of hydrogen-bond donors (Lipinski definition) is 3. The fourth-order valence-corrected chi connectivity index (χ4v) is 1.31. The van der Waals surface area contributed by atoms with Crippen LogP contribution in [0.5, 0.6) is 0 Å². The lowest BCUT2D eigenvalue weighted by atomic mass is 10.2. The molecule has 0 aliphatic carbocycles. The van der Waals surface area contributed by atoms with E-state index in [1.807, 2.05) is 5.32 Å². The summed E-state index contributed by atoms with van der Waals surface area (Å²) >= 11 is 5.55. The molecule has 0 aromatic heterocycles. The molecule has 1 amide bonds. The minimum atomic E-state index is -1.46. The first-order valence-electron chi connectivity index (χ1n) is 4.56. The van der Waals surface area contributed by atoms with Gasteiger partial charge in [-0.15, -0.1) is 0 Å². The summed E-state index contributed by atoms with van der Waals surface area (Å²) < 4.78 is 13.0. The average molecular weight is 262 g/mol. The Kier molecular flexibility index (Phi) is 4.42. The molecule has 1 atom stereocenters. The third-order valence-electron chi connectivity index (χ3n) is 1.98. The summed E-state index contributed by atoms with van der Waals surface area (Å²) in [7, 11) is 0. The van der Waals surface area contributed by atoms with Crippen LogP contribution < -0.4 is 5.32 Å². The lowest BCUT2D eigenvalue weighted by Crippen LogP contribution is -2.43. The van der Waals surface area contributed by atoms with Crippen LogP contribution in [0.1, 0.15) is 10.4 Å². The van der Waals surface area contributed by atoms with Gasteiger partial charge in [0.2, 0.25) is 0 Å². The van der Waals surface area contributed by atoms with E-state index in [-0.39, 0.29) is 5.56 Å². The SMILES string of the molecule is O=C(N[C@@H](CO)C(=O)O)c1cccc(F)c1Cl. The highest BCUT2D eigenvalue weighted by Gasteiger charge is 2.21. The van der Waals surface area contributed by atoms with Crippen molar-refractivity contribution in [3.05, 3.63) is 34.6 Å². The van der Waals surface area contributed by atoms with Gasteiger partial charge in [-0.2, -0.15) is 0 Å². The molecule has 0 aliphatic rings. The molecule has 7 heteroatoms. The molecule has 92 valence electrons. The molecular formula is C10H9ClFNO4. The number of carboxylic acid groups (broad SMARTS) is 1. The van der Waals surface area contributed by atoms with E-state index in [4.69, 9.17) is 21.8 Å². The van der Waals surface area contributed by atoms with Crippen molar-refractivity contribution < 1.29 is 24.2 Å². The number of hydrogen-bond acceptors (Lipinski definition) is 3. The third-order valence-corrected chi connectivity index (χ3v) is 2.37. The minimum absolute atomic E-state index is 0.189. The van der Waals surface area contributed by atoms with E-state index in [9.17, 15) is 14.0 Å². The van der Waals surface area contributed by atoms with Crippen molar-refractivity contribution >= 4 is 23.5 Å².